The van der Waals surface area contributed by atoms with Crippen LogP contribution in [0.25, 0.3) is 17.0 Å². The molecule has 3 heterocycles. The number of carbonyl (C=O) groups excluding carboxylic acids is 2. The standard InChI is InChI=1S/C28H26N4O4S/c1-3-35-21-12-10-20(11-13-21)32-27(34)25(30(2)28(32)37)15-19-17-31(24-9-5-4-8-23(19)24)18-26(33)29-16-22-7-6-14-36-22/h4-15,17H,3,16,18H2,1-2H3,(H,29,33)/b25-15-. The Kier molecular flexibility index (Phi) is 6.78. The molecule has 37 heavy (non-hydrogen) atoms. The Balaban J connectivity index is 1.41. The summed E-state index contributed by atoms with van der Waals surface area (Å²) in [5.41, 5.74) is 2.83. The number of ether oxygens (including phenoxy) is 1. The minimum Gasteiger partial charge on any atom is -0.494 e. The number of fused-ring (bicyclic) bond motifs is 1. The number of anilines is 1. The molecule has 2 amide bonds. The van der Waals surface area contributed by atoms with Crippen LogP contribution in [0.4, 0.5) is 5.69 Å². The molecule has 1 aliphatic heterocycles. The monoisotopic (exact) mass is 514 g/mol. The zero-order chi connectivity index (χ0) is 25.9. The maximum absolute atomic E-state index is 13.5. The smallest absolute Gasteiger partial charge is 0.281 e. The number of para-hydroxylation sites is 1. The highest BCUT2D eigenvalue weighted by molar-refractivity contribution is 7.80. The van der Waals surface area contributed by atoms with Crippen molar-refractivity contribution < 1.29 is 18.7 Å². The average Bonchev–Trinajstić information content (AvgIpc) is 3.59. The van der Waals surface area contributed by atoms with Crippen LogP contribution in [-0.2, 0) is 22.7 Å². The first-order chi connectivity index (χ1) is 18.0. The summed E-state index contributed by atoms with van der Waals surface area (Å²) < 4.78 is 12.7. The summed E-state index contributed by atoms with van der Waals surface area (Å²) in [5.74, 6) is 1.05. The minimum atomic E-state index is -0.218. The van der Waals surface area contributed by atoms with E-state index in [2.05, 4.69) is 5.32 Å². The van der Waals surface area contributed by atoms with Crippen LogP contribution in [0.5, 0.6) is 5.75 Å². The third kappa shape index (κ3) is 4.85. The molecule has 0 saturated carbocycles. The summed E-state index contributed by atoms with van der Waals surface area (Å²) in [5, 5.41) is 4.19. The normalized spacial score (nSPS) is 14.7. The summed E-state index contributed by atoms with van der Waals surface area (Å²) in [6.45, 7) is 2.93. The van der Waals surface area contributed by atoms with Gasteiger partial charge < -0.3 is 23.9 Å². The fraction of sp³-hybridized carbons (Fsp3) is 0.179. The van der Waals surface area contributed by atoms with Gasteiger partial charge in [-0.15, -0.1) is 0 Å². The fourth-order valence-corrected chi connectivity index (χ4v) is 4.61. The molecule has 0 unspecified atom stereocenters. The number of amides is 2. The molecule has 1 fully saturated rings. The fourth-order valence-electron chi connectivity index (χ4n) is 4.32. The minimum absolute atomic E-state index is 0.130. The lowest BCUT2D eigenvalue weighted by molar-refractivity contribution is -0.121. The molecule has 1 N–H and O–H groups in total. The summed E-state index contributed by atoms with van der Waals surface area (Å²) in [7, 11) is 1.78. The Morgan fingerprint density at radius 2 is 1.89 bits per heavy atom. The maximum Gasteiger partial charge on any atom is 0.281 e. The average molecular weight is 515 g/mol. The SMILES string of the molecule is CCOc1ccc(N2C(=O)/C(=C/c3cn(CC(=O)NCc4ccco4)c4ccccc34)N(C)C2=S)cc1. The second-order valence-corrected chi connectivity index (χ2v) is 8.89. The molecular formula is C28H26N4O4S. The molecule has 8 nitrogen and oxygen atoms in total. The molecule has 0 radical (unpaired) electrons. The molecule has 0 spiro atoms. The lowest BCUT2D eigenvalue weighted by atomic mass is 10.1. The zero-order valence-corrected chi connectivity index (χ0v) is 21.3. The van der Waals surface area contributed by atoms with Crippen molar-refractivity contribution in [3.63, 3.8) is 0 Å². The summed E-state index contributed by atoms with van der Waals surface area (Å²) >= 11 is 5.61. The van der Waals surface area contributed by atoms with Gasteiger partial charge in [0.15, 0.2) is 5.11 Å². The van der Waals surface area contributed by atoms with E-state index in [0.29, 0.717) is 35.4 Å². The van der Waals surface area contributed by atoms with Crippen LogP contribution in [0.15, 0.2) is 83.2 Å². The van der Waals surface area contributed by atoms with Crippen molar-refractivity contribution in [2.45, 2.75) is 20.0 Å². The van der Waals surface area contributed by atoms with Crippen LogP contribution in [0.1, 0.15) is 18.2 Å². The second-order valence-electron chi connectivity index (χ2n) is 8.52. The van der Waals surface area contributed by atoms with Crippen LogP contribution in [-0.4, -0.2) is 40.0 Å². The number of furan rings is 1. The van der Waals surface area contributed by atoms with E-state index in [1.807, 2.05) is 78.4 Å². The van der Waals surface area contributed by atoms with Gasteiger partial charge in [-0.1, -0.05) is 18.2 Å². The number of carbonyl (C=O) groups is 2. The maximum atomic E-state index is 13.5. The first-order valence-electron chi connectivity index (χ1n) is 11.9. The Morgan fingerprint density at radius 3 is 2.62 bits per heavy atom. The van der Waals surface area contributed by atoms with Crippen molar-refractivity contribution in [3.05, 3.63) is 90.1 Å². The van der Waals surface area contributed by atoms with Gasteiger partial charge in [-0.2, -0.15) is 0 Å². The van der Waals surface area contributed by atoms with Gasteiger partial charge in [-0.25, -0.2) is 0 Å². The Labute approximate surface area is 219 Å². The van der Waals surface area contributed by atoms with Crippen LogP contribution in [0, 0.1) is 0 Å². The number of nitrogens with one attached hydrogen (secondary N) is 1. The van der Waals surface area contributed by atoms with Gasteiger partial charge in [0.2, 0.25) is 5.91 Å². The van der Waals surface area contributed by atoms with Crippen LogP contribution in [0.2, 0.25) is 0 Å². The number of thiocarbonyl (C=S) groups is 1. The third-order valence-electron chi connectivity index (χ3n) is 6.13. The van der Waals surface area contributed by atoms with Crippen molar-refractivity contribution >= 4 is 51.8 Å². The van der Waals surface area contributed by atoms with Crippen molar-refractivity contribution in [2.24, 2.45) is 0 Å². The quantitative estimate of drug-likeness (QED) is 0.274. The molecule has 4 aromatic rings. The van der Waals surface area contributed by atoms with Gasteiger partial charge in [0.05, 0.1) is 25.1 Å². The topological polar surface area (TPSA) is 80.0 Å². The number of hydrogen-bond acceptors (Lipinski definition) is 5. The lowest BCUT2D eigenvalue weighted by Crippen LogP contribution is -2.31. The molecule has 1 aliphatic rings. The van der Waals surface area contributed by atoms with E-state index in [4.69, 9.17) is 21.4 Å². The highest BCUT2D eigenvalue weighted by Crippen LogP contribution is 2.31. The zero-order valence-electron chi connectivity index (χ0n) is 20.5. The van der Waals surface area contributed by atoms with E-state index in [1.165, 1.54) is 4.90 Å². The van der Waals surface area contributed by atoms with E-state index in [9.17, 15) is 9.59 Å². The molecule has 0 bridgehead atoms. The largest absolute Gasteiger partial charge is 0.494 e. The van der Waals surface area contributed by atoms with E-state index < -0.39 is 0 Å². The molecule has 188 valence electrons. The third-order valence-corrected chi connectivity index (χ3v) is 6.59. The predicted octanol–water partition coefficient (Wildman–Crippen LogP) is 4.55. The van der Waals surface area contributed by atoms with Crippen LogP contribution < -0.4 is 15.0 Å². The van der Waals surface area contributed by atoms with Crippen molar-refractivity contribution in [1.82, 2.24) is 14.8 Å². The number of nitrogens with zero attached hydrogens (tertiary/aromatic N) is 3. The number of rotatable bonds is 8. The van der Waals surface area contributed by atoms with E-state index >= 15 is 0 Å². The van der Waals surface area contributed by atoms with E-state index in [-0.39, 0.29) is 18.4 Å². The second kappa shape index (κ2) is 10.3. The number of likely N-dealkylation sites (N-methyl/N-ethyl adjacent to an activating group) is 1. The Morgan fingerprint density at radius 1 is 1.11 bits per heavy atom. The molecule has 9 heteroatoms. The predicted molar refractivity (Wildman–Crippen MR) is 146 cm³/mol. The van der Waals surface area contributed by atoms with Gasteiger partial charge >= 0.3 is 0 Å². The van der Waals surface area contributed by atoms with Crippen molar-refractivity contribution in [1.29, 1.82) is 0 Å². The summed E-state index contributed by atoms with van der Waals surface area (Å²) in [4.78, 5) is 29.3. The molecule has 2 aromatic heterocycles. The lowest BCUT2D eigenvalue weighted by Gasteiger charge is -2.16. The van der Waals surface area contributed by atoms with Crippen molar-refractivity contribution in [3.8, 4) is 5.75 Å². The molecule has 1 saturated heterocycles. The molecule has 2 aromatic carbocycles. The number of hydrogen-bond donors (Lipinski definition) is 1. The first kappa shape index (κ1) is 24.3. The first-order valence-corrected chi connectivity index (χ1v) is 12.3. The molecular weight excluding hydrogens is 488 g/mol. The van der Waals surface area contributed by atoms with Gasteiger partial charge in [-0.05, 0) is 67.7 Å². The van der Waals surface area contributed by atoms with Gasteiger partial charge in [0.25, 0.3) is 5.91 Å². The van der Waals surface area contributed by atoms with E-state index in [0.717, 1.165) is 22.2 Å². The highest BCUT2D eigenvalue weighted by atomic mass is 32.1. The summed E-state index contributed by atoms with van der Waals surface area (Å²) in [6.07, 6.45) is 5.28. The highest BCUT2D eigenvalue weighted by Gasteiger charge is 2.37. The number of aromatic nitrogens is 1. The Bertz CT molecular complexity index is 1490. The number of benzene rings is 2. The molecule has 5 rings (SSSR count). The summed E-state index contributed by atoms with van der Waals surface area (Å²) in [6, 6.07) is 18.7. The van der Waals surface area contributed by atoms with Gasteiger partial charge in [0.1, 0.15) is 23.8 Å². The van der Waals surface area contributed by atoms with Gasteiger partial charge in [-0.3, -0.25) is 14.5 Å². The van der Waals surface area contributed by atoms with Crippen LogP contribution in [0.3, 0.4) is 0 Å². The Hall–Kier alpha value is -4.37. The van der Waals surface area contributed by atoms with Crippen molar-refractivity contribution in [2.75, 3.05) is 18.6 Å². The van der Waals surface area contributed by atoms with Gasteiger partial charge in [0, 0.05) is 29.7 Å². The molecule has 0 atom stereocenters. The van der Waals surface area contributed by atoms with E-state index in [1.54, 1.807) is 24.3 Å². The van der Waals surface area contributed by atoms with Crippen LogP contribution >= 0.6 is 12.2 Å². The molecule has 0 aliphatic carbocycles.